The Bertz CT molecular complexity index is 1390. The van der Waals surface area contributed by atoms with E-state index in [0.717, 1.165) is 72.6 Å². The van der Waals surface area contributed by atoms with Crippen LogP contribution >= 0.6 is 11.6 Å². The van der Waals surface area contributed by atoms with E-state index in [1.807, 2.05) is 12.1 Å². The van der Waals surface area contributed by atoms with Gasteiger partial charge >= 0.3 is 6.03 Å². The summed E-state index contributed by atoms with van der Waals surface area (Å²) in [4.78, 5) is 17.5. The van der Waals surface area contributed by atoms with Crippen LogP contribution < -0.4 is 20.4 Å². The number of carbonyl (C=O) groups is 1. The molecule has 0 radical (unpaired) electrons. The molecule has 7 heteroatoms. The molecule has 1 heterocycles. The summed E-state index contributed by atoms with van der Waals surface area (Å²) in [7, 11) is 0. The van der Waals surface area contributed by atoms with Crippen LogP contribution in [0.5, 0.6) is 0 Å². The van der Waals surface area contributed by atoms with Crippen molar-refractivity contribution >= 4 is 40.4 Å². The number of fused-ring (bicyclic) bond motifs is 1. The van der Waals surface area contributed by atoms with Crippen LogP contribution in [0.4, 0.5) is 27.5 Å². The molecule has 0 saturated heterocycles. The highest BCUT2D eigenvalue weighted by molar-refractivity contribution is 6.31. The number of aryl methyl sites for hydroxylation is 1. The van der Waals surface area contributed by atoms with Gasteiger partial charge in [0.05, 0.1) is 29.7 Å². The number of nitriles is 1. The second kappa shape index (κ2) is 12.0. The number of hydrogen-bond donors (Lipinski definition) is 2. The monoisotopic (exact) mass is 541 g/mol. The van der Waals surface area contributed by atoms with Crippen molar-refractivity contribution in [1.29, 1.82) is 5.26 Å². The second-order valence-electron chi connectivity index (χ2n) is 10.6. The van der Waals surface area contributed by atoms with Gasteiger partial charge in [-0.1, -0.05) is 50.3 Å². The number of rotatable bonds is 7. The summed E-state index contributed by atoms with van der Waals surface area (Å²) in [6.07, 6.45) is 7.96. The summed E-state index contributed by atoms with van der Waals surface area (Å²) in [5, 5.41) is 16.5. The van der Waals surface area contributed by atoms with Crippen LogP contribution in [-0.2, 0) is 0 Å². The summed E-state index contributed by atoms with van der Waals surface area (Å²) in [5.41, 5.74) is 7.62. The maximum atomic E-state index is 12.8. The fraction of sp³-hybridized carbons (Fsp3) is 0.375. The lowest BCUT2D eigenvalue weighted by atomic mass is 9.96. The van der Waals surface area contributed by atoms with Crippen molar-refractivity contribution < 1.29 is 4.79 Å². The van der Waals surface area contributed by atoms with E-state index >= 15 is 0 Å². The summed E-state index contributed by atoms with van der Waals surface area (Å²) in [6.45, 7) is 5.99. The average Bonchev–Trinajstić information content (AvgIpc) is 3.30. The zero-order valence-electron chi connectivity index (χ0n) is 22.8. The predicted octanol–water partition coefficient (Wildman–Crippen LogP) is 8.36. The molecule has 39 heavy (non-hydrogen) atoms. The minimum atomic E-state index is -0.135. The normalized spacial score (nSPS) is 15.1. The lowest BCUT2D eigenvalue weighted by Crippen LogP contribution is -2.39. The van der Waals surface area contributed by atoms with Gasteiger partial charge < -0.3 is 20.4 Å². The van der Waals surface area contributed by atoms with E-state index in [9.17, 15) is 10.1 Å². The van der Waals surface area contributed by atoms with Crippen molar-refractivity contribution in [3.05, 3.63) is 70.7 Å². The molecule has 1 aliphatic carbocycles. The molecule has 0 atom stereocenters. The first-order valence-corrected chi connectivity index (χ1v) is 14.4. The Balaban J connectivity index is 1.42. The Kier molecular flexibility index (Phi) is 8.28. The van der Waals surface area contributed by atoms with Crippen molar-refractivity contribution in [1.82, 2.24) is 5.32 Å². The largest absolute Gasteiger partial charge is 0.352 e. The van der Waals surface area contributed by atoms with Crippen molar-refractivity contribution in [2.45, 2.75) is 64.8 Å². The van der Waals surface area contributed by atoms with Crippen LogP contribution in [0.2, 0.25) is 5.02 Å². The SMILES string of the molecule is CCCCN1CN(c2ccc(-c3cc(Cl)ccc3C#N)c(C)c2)c2cc(NC(=O)NC3CCCCC3)ccc21. The number of anilines is 4. The molecule has 0 aromatic heterocycles. The lowest BCUT2D eigenvalue weighted by molar-refractivity contribution is 0.244. The zero-order valence-corrected chi connectivity index (χ0v) is 23.5. The van der Waals surface area contributed by atoms with Gasteiger partial charge in [0.2, 0.25) is 0 Å². The maximum Gasteiger partial charge on any atom is 0.319 e. The van der Waals surface area contributed by atoms with Crippen molar-refractivity contribution in [3.63, 3.8) is 0 Å². The van der Waals surface area contributed by atoms with E-state index in [-0.39, 0.29) is 12.1 Å². The number of urea groups is 1. The highest BCUT2D eigenvalue weighted by atomic mass is 35.5. The lowest BCUT2D eigenvalue weighted by Gasteiger charge is -2.23. The first-order chi connectivity index (χ1) is 19.0. The van der Waals surface area contributed by atoms with Crippen LogP contribution in [-0.4, -0.2) is 25.3 Å². The van der Waals surface area contributed by atoms with Crippen LogP contribution in [0.25, 0.3) is 11.1 Å². The Hall–Kier alpha value is -3.69. The van der Waals surface area contributed by atoms with Gasteiger partial charge in [0.25, 0.3) is 0 Å². The van der Waals surface area contributed by atoms with E-state index in [1.165, 1.54) is 24.9 Å². The molecule has 1 aliphatic heterocycles. The van der Waals surface area contributed by atoms with Gasteiger partial charge in [0, 0.05) is 34.5 Å². The molecule has 5 rings (SSSR count). The number of nitrogens with zero attached hydrogens (tertiary/aromatic N) is 3. The van der Waals surface area contributed by atoms with Gasteiger partial charge in [0.1, 0.15) is 0 Å². The molecule has 1 saturated carbocycles. The van der Waals surface area contributed by atoms with Crippen molar-refractivity contribution in [3.8, 4) is 17.2 Å². The highest BCUT2D eigenvalue weighted by Gasteiger charge is 2.28. The molecule has 0 spiro atoms. The number of nitrogens with one attached hydrogen (secondary N) is 2. The molecule has 2 amide bonds. The molecule has 2 N–H and O–H groups in total. The number of benzene rings is 3. The number of unbranched alkanes of at least 4 members (excludes halogenated alkanes) is 1. The fourth-order valence-corrected chi connectivity index (χ4v) is 5.90. The van der Waals surface area contributed by atoms with Gasteiger partial charge in [-0.3, -0.25) is 0 Å². The Morgan fingerprint density at radius 1 is 1.03 bits per heavy atom. The minimum absolute atomic E-state index is 0.135. The van der Waals surface area contributed by atoms with Crippen molar-refractivity contribution in [2.24, 2.45) is 0 Å². The molecule has 3 aromatic rings. The average molecular weight is 542 g/mol. The summed E-state index contributed by atoms with van der Waals surface area (Å²) in [6, 6.07) is 20.3. The molecule has 202 valence electrons. The van der Waals surface area contributed by atoms with E-state index in [1.54, 1.807) is 12.1 Å². The van der Waals surface area contributed by atoms with E-state index < -0.39 is 0 Å². The minimum Gasteiger partial charge on any atom is -0.352 e. The Labute approximate surface area is 236 Å². The van der Waals surface area contributed by atoms with E-state index in [4.69, 9.17) is 11.6 Å². The van der Waals surface area contributed by atoms with Crippen LogP contribution in [0.15, 0.2) is 54.6 Å². The topological polar surface area (TPSA) is 71.4 Å². The summed E-state index contributed by atoms with van der Waals surface area (Å²) < 4.78 is 0. The van der Waals surface area contributed by atoms with Crippen LogP contribution in [0.3, 0.4) is 0 Å². The Morgan fingerprint density at radius 3 is 2.59 bits per heavy atom. The Morgan fingerprint density at radius 2 is 1.85 bits per heavy atom. The second-order valence-corrected chi connectivity index (χ2v) is 11.1. The fourth-order valence-electron chi connectivity index (χ4n) is 5.72. The highest BCUT2D eigenvalue weighted by Crippen LogP contribution is 2.43. The molecule has 6 nitrogen and oxygen atoms in total. The first kappa shape index (κ1) is 26.9. The molecule has 0 unspecified atom stereocenters. The molecular weight excluding hydrogens is 506 g/mol. The van der Waals surface area contributed by atoms with Crippen LogP contribution in [0, 0.1) is 18.3 Å². The summed E-state index contributed by atoms with van der Waals surface area (Å²) >= 11 is 6.27. The van der Waals surface area contributed by atoms with Gasteiger partial charge in [-0.15, -0.1) is 0 Å². The molecule has 0 bridgehead atoms. The molecule has 1 fully saturated rings. The predicted molar refractivity (Wildman–Crippen MR) is 161 cm³/mol. The third-order valence-electron chi connectivity index (χ3n) is 7.81. The van der Waals surface area contributed by atoms with Gasteiger partial charge in [-0.05, 0) is 85.8 Å². The quantitative estimate of drug-likeness (QED) is 0.315. The number of halogens is 1. The number of carbonyl (C=O) groups excluding carboxylic acids is 1. The number of hydrogen-bond acceptors (Lipinski definition) is 4. The molecule has 3 aromatic carbocycles. The standard InChI is InChI=1S/C32H36ClN5O/c1-3-4-16-37-21-38(27-13-14-28(22(2)17-27)29-18-24(33)11-10-23(29)20-34)31-19-26(12-15-30(31)37)36-32(39)35-25-8-6-5-7-9-25/h10-15,17-19,25H,3-9,16,21H2,1-2H3,(H2,35,36,39). The zero-order chi connectivity index (χ0) is 27.4. The maximum absolute atomic E-state index is 12.8. The smallest absolute Gasteiger partial charge is 0.319 e. The van der Waals surface area contributed by atoms with Crippen molar-refractivity contribution in [2.75, 3.05) is 28.3 Å². The van der Waals surface area contributed by atoms with E-state index in [0.29, 0.717) is 10.6 Å². The summed E-state index contributed by atoms with van der Waals surface area (Å²) in [5.74, 6) is 0. The number of amides is 2. The van der Waals surface area contributed by atoms with Gasteiger partial charge in [-0.2, -0.15) is 5.26 Å². The first-order valence-electron chi connectivity index (χ1n) is 14.0. The van der Waals surface area contributed by atoms with Gasteiger partial charge in [-0.25, -0.2) is 4.79 Å². The molecular formula is C32H36ClN5O. The van der Waals surface area contributed by atoms with E-state index in [2.05, 4.69) is 70.7 Å². The molecule has 2 aliphatic rings. The third kappa shape index (κ3) is 5.99. The van der Waals surface area contributed by atoms with Crippen LogP contribution in [0.1, 0.15) is 63.0 Å². The third-order valence-corrected chi connectivity index (χ3v) is 8.05. The van der Waals surface area contributed by atoms with Gasteiger partial charge in [0.15, 0.2) is 0 Å².